The van der Waals surface area contributed by atoms with E-state index < -0.39 is 0 Å². The Kier molecular flexibility index (Phi) is 7.54. The second kappa shape index (κ2) is 10.8. The molecule has 0 unspecified atom stereocenters. The van der Waals surface area contributed by atoms with Gasteiger partial charge in [0.05, 0.1) is 0 Å². The van der Waals surface area contributed by atoms with Crippen molar-refractivity contribution in [1.29, 1.82) is 0 Å². The Labute approximate surface area is 226 Å². The Hall–Kier alpha value is -2.57. The number of nitrogens with zero attached hydrogens (tertiary/aromatic N) is 3. The highest BCUT2D eigenvalue weighted by atomic mass is 35.5. The highest BCUT2D eigenvalue weighted by molar-refractivity contribution is 6.31. The van der Waals surface area contributed by atoms with E-state index in [9.17, 15) is 4.79 Å². The lowest BCUT2D eigenvalue weighted by Crippen LogP contribution is -2.47. The number of anilines is 1. The predicted molar refractivity (Wildman–Crippen MR) is 148 cm³/mol. The molecular formula is C28H27Cl3N4O. The van der Waals surface area contributed by atoms with Gasteiger partial charge in [0, 0.05) is 47.0 Å². The van der Waals surface area contributed by atoms with Crippen LogP contribution >= 0.6 is 34.8 Å². The average Bonchev–Trinajstić information content (AvgIpc) is 3.18. The van der Waals surface area contributed by atoms with Crippen LogP contribution in [-0.4, -0.2) is 42.1 Å². The largest absolute Gasteiger partial charge is 0.334 e. The van der Waals surface area contributed by atoms with E-state index in [-0.39, 0.29) is 11.4 Å². The first-order valence-corrected chi connectivity index (χ1v) is 13.2. The van der Waals surface area contributed by atoms with Crippen LogP contribution in [0.15, 0.2) is 66.9 Å². The minimum atomic E-state index is -0.114. The number of amides is 2. The lowest BCUT2D eigenvalue weighted by atomic mass is 9.74. The molecule has 2 aliphatic rings. The fraction of sp³-hybridized carbons (Fsp3) is 0.286. The van der Waals surface area contributed by atoms with E-state index in [1.54, 1.807) is 12.3 Å². The summed E-state index contributed by atoms with van der Waals surface area (Å²) in [6, 6.07) is 17.2. The zero-order valence-corrected chi connectivity index (χ0v) is 22.0. The lowest BCUT2D eigenvalue weighted by Gasteiger charge is -2.39. The molecule has 3 aromatic rings. The number of pyridine rings is 1. The molecule has 0 bridgehead atoms. The van der Waals surface area contributed by atoms with Gasteiger partial charge < -0.3 is 5.32 Å². The molecule has 36 heavy (non-hydrogen) atoms. The highest BCUT2D eigenvalue weighted by Gasteiger charge is 2.46. The van der Waals surface area contributed by atoms with Gasteiger partial charge in [0.25, 0.3) is 0 Å². The maximum atomic E-state index is 13.2. The van der Waals surface area contributed by atoms with E-state index in [0.717, 1.165) is 54.3 Å². The number of carbonyl (C=O) groups is 1. The third-order valence-corrected chi connectivity index (χ3v) is 7.81. The molecule has 0 saturated carbocycles. The van der Waals surface area contributed by atoms with Crippen LogP contribution in [0.1, 0.15) is 29.5 Å². The van der Waals surface area contributed by atoms with Crippen molar-refractivity contribution in [3.8, 4) is 0 Å². The van der Waals surface area contributed by atoms with Crippen molar-refractivity contribution in [2.75, 3.05) is 31.1 Å². The number of piperidine rings is 1. The molecule has 1 fully saturated rings. The molecule has 186 valence electrons. The number of hydrogen-bond acceptors (Lipinski definition) is 3. The van der Waals surface area contributed by atoms with Gasteiger partial charge in [-0.3, -0.25) is 9.80 Å². The summed E-state index contributed by atoms with van der Waals surface area (Å²) in [5.41, 5.74) is 4.08. The monoisotopic (exact) mass is 540 g/mol. The van der Waals surface area contributed by atoms with E-state index in [4.69, 9.17) is 34.8 Å². The molecule has 0 radical (unpaired) electrons. The Morgan fingerprint density at radius 2 is 1.75 bits per heavy atom. The number of fused-ring (bicyclic) bond motifs is 2. The summed E-state index contributed by atoms with van der Waals surface area (Å²) < 4.78 is 0. The summed E-state index contributed by atoms with van der Waals surface area (Å²) in [7, 11) is 0. The quantitative estimate of drug-likeness (QED) is 0.361. The van der Waals surface area contributed by atoms with Crippen molar-refractivity contribution in [2.24, 2.45) is 0 Å². The van der Waals surface area contributed by atoms with Crippen LogP contribution in [0.25, 0.3) is 6.08 Å². The van der Waals surface area contributed by atoms with Crippen molar-refractivity contribution in [2.45, 2.75) is 24.8 Å². The smallest absolute Gasteiger partial charge is 0.322 e. The first-order chi connectivity index (χ1) is 17.4. The number of hydrogen-bond donors (Lipinski definition) is 1. The van der Waals surface area contributed by atoms with Crippen molar-refractivity contribution >= 4 is 52.6 Å². The van der Waals surface area contributed by atoms with Crippen LogP contribution in [0, 0.1) is 0 Å². The van der Waals surface area contributed by atoms with E-state index >= 15 is 0 Å². The van der Waals surface area contributed by atoms with Crippen LogP contribution in [0.4, 0.5) is 10.5 Å². The minimum Gasteiger partial charge on any atom is -0.334 e. The predicted octanol–water partition coefficient (Wildman–Crippen LogP) is 6.82. The molecule has 3 heterocycles. The number of aromatic nitrogens is 1. The SMILES string of the molecule is O=C(NCc1ccnc(Cl)c1)N1CC2(CCN(CC=Cc3ccc(Cl)cc3)CC2)c2cc(Cl)ccc21. The molecule has 1 spiro atoms. The van der Waals surface area contributed by atoms with E-state index in [1.165, 1.54) is 5.56 Å². The maximum absolute atomic E-state index is 13.2. The summed E-state index contributed by atoms with van der Waals surface area (Å²) >= 11 is 18.4. The number of rotatable bonds is 5. The number of nitrogens with one attached hydrogen (secondary N) is 1. The number of halogens is 3. The van der Waals surface area contributed by atoms with Gasteiger partial charge in [-0.2, -0.15) is 0 Å². The van der Waals surface area contributed by atoms with Crippen LogP contribution in [0.5, 0.6) is 0 Å². The van der Waals surface area contributed by atoms with Crippen molar-refractivity contribution in [3.63, 3.8) is 0 Å². The normalized spacial score (nSPS) is 17.0. The third-order valence-electron chi connectivity index (χ3n) is 7.12. The molecule has 1 aromatic heterocycles. The molecule has 0 aliphatic carbocycles. The standard InChI is InChI=1S/C28H27Cl3N4O/c29-22-5-3-20(4-6-22)2-1-13-34-14-10-28(11-15-34)19-35(25-8-7-23(30)17-24(25)28)27(36)33-18-21-9-12-32-26(31)16-21/h1-9,12,16-17H,10-11,13-15,18-19H2,(H,33,36). The molecule has 5 nitrogen and oxygen atoms in total. The van der Waals surface area contributed by atoms with Gasteiger partial charge in [0.1, 0.15) is 5.15 Å². The van der Waals surface area contributed by atoms with Crippen LogP contribution in [0.2, 0.25) is 15.2 Å². The van der Waals surface area contributed by atoms with E-state index in [1.807, 2.05) is 53.4 Å². The van der Waals surface area contributed by atoms with Crippen molar-refractivity contribution < 1.29 is 4.79 Å². The first kappa shape index (κ1) is 25.1. The summed E-state index contributed by atoms with van der Waals surface area (Å²) in [6.07, 6.45) is 7.92. The maximum Gasteiger partial charge on any atom is 0.322 e. The minimum absolute atomic E-state index is 0.0893. The van der Waals surface area contributed by atoms with Crippen LogP contribution in [0.3, 0.4) is 0 Å². The van der Waals surface area contributed by atoms with E-state index in [0.29, 0.717) is 23.3 Å². The molecule has 2 amide bonds. The Balaban J connectivity index is 1.24. The number of carbonyl (C=O) groups excluding carboxylic acids is 1. The molecule has 5 rings (SSSR count). The van der Waals surface area contributed by atoms with Gasteiger partial charge >= 0.3 is 6.03 Å². The molecule has 1 N–H and O–H groups in total. The van der Waals surface area contributed by atoms with Crippen LogP contribution in [-0.2, 0) is 12.0 Å². The number of likely N-dealkylation sites (tertiary alicyclic amines) is 1. The molecule has 2 aromatic carbocycles. The molecule has 0 atom stereocenters. The van der Waals surface area contributed by atoms with Crippen molar-refractivity contribution in [1.82, 2.24) is 15.2 Å². The zero-order valence-electron chi connectivity index (χ0n) is 19.8. The Morgan fingerprint density at radius 1 is 1.00 bits per heavy atom. The fourth-order valence-corrected chi connectivity index (χ4v) is 5.65. The molecule has 8 heteroatoms. The Morgan fingerprint density at radius 3 is 2.50 bits per heavy atom. The number of urea groups is 1. The third kappa shape index (κ3) is 5.55. The van der Waals surface area contributed by atoms with E-state index in [2.05, 4.69) is 27.4 Å². The molecule has 2 aliphatic heterocycles. The zero-order chi connectivity index (χ0) is 25.1. The summed E-state index contributed by atoms with van der Waals surface area (Å²) in [4.78, 5) is 21.6. The second-order valence-corrected chi connectivity index (χ2v) is 10.7. The second-order valence-electron chi connectivity index (χ2n) is 9.43. The van der Waals surface area contributed by atoms with Crippen molar-refractivity contribution in [3.05, 3.63) is 98.8 Å². The summed E-state index contributed by atoms with van der Waals surface area (Å²) in [5, 5.41) is 4.90. The summed E-state index contributed by atoms with van der Waals surface area (Å²) in [5.74, 6) is 0. The Bertz CT molecular complexity index is 1270. The highest BCUT2D eigenvalue weighted by Crippen LogP contribution is 2.48. The first-order valence-electron chi connectivity index (χ1n) is 12.0. The van der Waals surface area contributed by atoms with Gasteiger partial charge in [0.2, 0.25) is 0 Å². The molecule has 1 saturated heterocycles. The molecular weight excluding hydrogens is 515 g/mol. The topological polar surface area (TPSA) is 48.5 Å². The van der Waals surface area contributed by atoms with Gasteiger partial charge in [0.15, 0.2) is 0 Å². The lowest BCUT2D eigenvalue weighted by molar-refractivity contribution is 0.180. The van der Waals surface area contributed by atoms with Gasteiger partial charge in [-0.05, 0) is 85.1 Å². The summed E-state index contributed by atoms with van der Waals surface area (Å²) in [6.45, 7) is 3.85. The van der Waals surface area contributed by atoms with Gasteiger partial charge in [-0.15, -0.1) is 0 Å². The number of benzene rings is 2. The fourth-order valence-electron chi connectivity index (χ4n) is 5.15. The van der Waals surface area contributed by atoms with Gasteiger partial charge in [-0.25, -0.2) is 9.78 Å². The average molecular weight is 542 g/mol. The van der Waals surface area contributed by atoms with Crippen LogP contribution < -0.4 is 10.2 Å². The van der Waals surface area contributed by atoms with Gasteiger partial charge in [-0.1, -0.05) is 59.1 Å².